The summed E-state index contributed by atoms with van der Waals surface area (Å²) in [6.45, 7) is 1.34. The molecular formula is C25H29N3O7. The minimum absolute atomic E-state index is 0.0859. The zero-order valence-corrected chi connectivity index (χ0v) is 19.9. The van der Waals surface area contributed by atoms with E-state index in [4.69, 9.17) is 14.2 Å². The maximum atomic E-state index is 13.2. The van der Waals surface area contributed by atoms with Gasteiger partial charge in [0.15, 0.2) is 11.5 Å². The molecule has 2 heterocycles. The SMILES string of the molecule is COc1cccc(OC)c1OCC(O)CNC(=O)CN1C(=O)c2ccccc2N2C(=O)CCC12C. The maximum absolute atomic E-state index is 13.2. The highest BCUT2D eigenvalue weighted by Gasteiger charge is 2.53. The molecule has 0 aromatic heterocycles. The number of aliphatic hydroxyl groups is 1. The number of carbonyl (C=O) groups is 3. The van der Waals surface area contributed by atoms with Crippen molar-refractivity contribution in [2.75, 3.05) is 38.8 Å². The molecule has 10 heteroatoms. The summed E-state index contributed by atoms with van der Waals surface area (Å²) in [6, 6.07) is 12.1. The Morgan fingerprint density at radius 1 is 1.11 bits per heavy atom. The highest BCUT2D eigenvalue weighted by molar-refractivity contribution is 6.11. The van der Waals surface area contributed by atoms with Gasteiger partial charge in [-0.3, -0.25) is 19.3 Å². The zero-order chi connectivity index (χ0) is 25.2. The first-order valence-electron chi connectivity index (χ1n) is 11.3. The predicted molar refractivity (Wildman–Crippen MR) is 127 cm³/mol. The Morgan fingerprint density at radius 2 is 1.80 bits per heavy atom. The first kappa shape index (κ1) is 24.3. The summed E-state index contributed by atoms with van der Waals surface area (Å²) in [5.74, 6) is 0.405. The standard InChI is InChI=1S/C25H29N3O7/c1-25-12-11-22(31)28(25)18-8-5-4-7-17(18)24(32)27(25)14-21(30)26-13-16(29)15-35-23-19(33-2)9-6-10-20(23)34-3/h4-10,16,29H,11-15H2,1-3H3,(H,26,30). The quantitative estimate of drug-likeness (QED) is 0.556. The molecular weight excluding hydrogens is 454 g/mol. The molecule has 0 radical (unpaired) electrons. The summed E-state index contributed by atoms with van der Waals surface area (Å²) < 4.78 is 16.2. The number of benzene rings is 2. The van der Waals surface area contributed by atoms with Gasteiger partial charge >= 0.3 is 0 Å². The number of para-hydroxylation sites is 2. The molecule has 2 atom stereocenters. The van der Waals surface area contributed by atoms with Crippen molar-refractivity contribution in [2.45, 2.75) is 31.5 Å². The number of hydrogen-bond acceptors (Lipinski definition) is 7. The van der Waals surface area contributed by atoms with E-state index in [9.17, 15) is 19.5 Å². The number of nitrogens with zero attached hydrogens (tertiary/aromatic N) is 2. The van der Waals surface area contributed by atoms with Crippen LogP contribution < -0.4 is 24.4 Å². The van der Waals surface area contributed by atoms with Gasteiger partial charge in [-0.15, -0.1) is 0 Å². The van der Waals surface area contributed by atoms with Crippen molar-refractivity contribution >= 4 is 23.4 Å². The molecule has 0 aliphatic carbocycles. The molecule has 2 N–H and O–H groups in total. The summed E-state index contributed by atoms with van der Waals surface area (Å²) in [6.07, 6.45) is -0.304. The van der Waals surface area contributed by atoms with E-state index >= 15 is 0 Å². The maximum Gasteiger partial charge on any atom is 0.258 e. The molecule has 35 heavy (non-hydrogen) atoms. The van der Waals surface area contributed by atoms with Crippen LogP contribution in [0.4, 0.5) is 5.69 Å². The van der Waals surface area contributed by atoms with Gasteiger partial charge in [0, 0.05) is 13.0 Å². The van der Waals surface area contributed by atoms with Crippen LogP contribution in [0.15, 0.2) is 42.5 Å². The van der Waals surface area contributed by atoms with Gasteiger partial charge in [-0.2, -0.15) is 0 Å². The normalized spacial score (nSPS) is 19.7. The second-order valence-electron chi connectivity index (χ2n) is 8.62. The average molecular weight is 484 g/mol. The van der Waals surface area contributed by atoms with Crippen molar-refractivity contribution in [3.05, 3.63) is 48.0 Å². The average Bonchev–Trinajstić information content (AvgIpc) is 3.18. The van der Waals surface area contributed by atoms with Crippen LogP contribution in [0.5, 0.6) is 17.2 Å². The van der Waals surface area contributed by atoms with Gasteiger partial charge < -0.3 is 29.5 Å². The Labute approximate surface area is 203 Å². The third-order valence-corrected chi connectivity index (χ3v) is 6.38. The molecule has 1 fully saturated rings. The number of aliphatic hydroxyl groups excluding tert-OH is 1. The minimum atomic E-state index is -1.02. The van der Waals surface area contributed by atoms with Crippen LogP contribution in [-0.4, -0.2) is 73.4 Å². The van der Waals surface area contributed by atoms with Gasteiger partial charge in [0.25, 0.3) is 5.91 Å². The highest BCUT2D eigenvalue weighted by atomic mass is 16.5. The Hall–Kier alpha value is -3.79. The van der Waals surface area contributed by atoms with Gasteiger partial charge in [0.05, 0.1) is 25.5 Å². The molecule has 10 nitrogen and oxygen atoms in total. The first-order valence-corrected chi connectivity index (χ1v) is 11.3. The number of carbonyl (C=O) groups excluding carboxylic acids is 3. The largest absolute Gasteiger partial charge is 0.493 e. The number of hydrogen-bond donors (Lipinski definition) is 2. The van der Waals surface area contributed by atoms with Gasteiger partial charge in [0.1, 0.15) is 24.9 Å². The van der Waals surface area contributed by atoms with Crippen molar-refractivity contribution < 1.29 is 33.7 Å². The van der Waals surface area contributed by atoms with E-state index < -0.39 is 17.7 Å². The van der Waals surface area contributed by atoms with Gasteiger partial charge in [-0.05, 0) is 37.6 Å². The fraction of sp³-hybridized carbons (Fsp3) is 0.400. The Morgan fingerprint density at radius 3 is 2.49 bits per heavy atom. The third kappa shape index (κ3) is 4.49. The lowest BCUT2D eigenvalue weighted by Crippen LogP contribution is -2.64. The molecule has 2 aliphatic rings. The third-order valence-electron chi connectivity index (χ3n) is 6.38. The Kier molecular flexibility index (Phi) is 6.83. The summed E-state index contributed by atoms with van der Waals surface area (Å²) in [5, 5.41) is 13.0. The lowest BCUT2D eigenvalue weighted by Gasteiger charge is -2.48. The minimum Gasteiger partial charge on any atom is -0.493 e. The topological polar surface area (TPSA) is 118 Å². The number of fused-ring (bicyclic) bond motifs is 3. The van der Waals surface area contributed by atoms with Crippen LogP contribution in [-0.2, 0) is 9.59 Å². The Balaban J connectivity index is 1.38. The molecule has 186 valence electrons. The molecule has 1 saturated heterocycles. The smallest absolute Gasteiger partial charge is 0.258 e. The predicted octanol–water partition coefficient (Wildman–Crippen LogP) is 1.56. The number of rotatable bonds is 9. The number of amides is 3. The number of ether oxygens (including phenoxy) is 3. The van der Waals surface area contributed by atoms with E-state index in [2.05, 4.69) is 5.32 Å². The van der Waals surface area contributed by atoms with Crippen molar-refractivity contribution in [2.24, 2.45) is 0 Å². The van der Waals surface area contributed by atoms with Crippen molar-refractivity contribution in [3.63, 3.8) is 0 Å². The molecule has 2 aliphatic heterocycles. The number of anilines is 1. The summed E-state index contributed by atoms with van der Waals surface area (Å²) in [7, 11) is 3.00. The van der Waals surface area contributed by atoms with E-state index in [0.29, 0.717) is 41.3 Å². The van der Waals surface area contributed by atoms with Crippen LogP contribution in [0.25, 0.3) is 0 Å². The highest BCUT2D eigenvalue weighted by Crippen LogP contribution is 2.43. The Bertz CT molecular complexity index is 1120. The summed E-state index contributed by atoms with van der Waals surface area (Å²) in [5.41, 5.74) is 0.0212. The van der Waals surface area contributed by atoms with Crippen LogP contribution >= 0.6 is 0 Å². The van der Waals surface area contributed by atoms with E-state index in [1.165, 1.54) is 19.1 Å². The zero-order valence-electron chi connectivity index (χ0n) is 19.9. The van der Waals surface area contributed by atoms with Crippen molar-refractivity contribution in [1.29, 1.82) is 0 Å². The van der Waals surface area contributed by atoms with Crippen LogP contribution in [0.3, 0.4) is 0 Å². The fourth-order valence-electron chi connectivity index (χ4n) is 4.57. The fourth-order valence-corrected chi connectivity index (χ4v) is 4.57. The molecule has 2 aromatic carbocycles. The molecule has 4 rings (SSSR count). The van der Waals surface area contributed by atoms with Crippen LogP contribution in [0, 0.1) is 0 Å². The molecule has 0 saturated carbocycles. The molecule has 0 spiro atoms. The lowest BCUT2D eigenvalue weighted by molar-refractivity contribution is -0.124. The number of nitrogens with one attached hydrogen (secondary N) is 1. The van der Waals surface area contributed by atoms with E-state index in [-0.39, 0.29) is 31.5 Å². The van der Waals surface area contributed by atoms with Gasteiger partial charge in [0.2, 0.25) is 17.6 Å². The van der Waals surface area contributed by atoms with Gasteiger partial charge in [-0.25, -0.2) is 0 Å². The van der Waals surface area contributed by atoms with E-state index in [0.717, 1.165) is 0 Å². The lowest BCUT2D eigenvalue weighted by atomic mass is 9.98. The van der Waals surface area contributed by atoms with E-state index in [1.54, 1.807) is 54.3 Å². The summed E-state index contributed by atoms with van der Waals surface area (Å²) in [4.78, 5) is 41.7. The number of methoxy groups -OCH3 is 2. The van der Waals surface area contributed by atoms with Gasteiger partial charge in [-0.1, -0.05) is 18.2 Å². The van der Waals surface area contributed by atoms with E-state index in [1.807, 2.05) is 0 Å². The first-order chi connectivity index (χ1) is 16.8. The van der Waals surface area contributed by atoms with Crippen molar-refractivity contribution in [3.8, 4) is 17.2 Å². The second-order valence-corrected chi connectivity index (χ2v) is 8.62. The molecule has 2 unspecified atom stereocenters. The monoisotopic (exact) mass is 483 g/mol. The second kappa shape index (κ2) is 9.83. The summed E-state index contributed by atoms with van der Waals surface area (Å²) >= 11 is 0. The van der Waals surface area contributed by atoms with Crippen LogP contribution in [0.2, 0.25) is 0 Å². The molecule has 3 amide bonds. The van der Waals surface area contributed by atoms with Crippen molar-refractivity contribution in [1.82, 2.24) is 10.2 Å². The molecule has 0 bridgehead atoms. The van der Waals surface area contributed by atoms with Crippen LogP contribution in [0.1, 0.15) is 30.1 Å². The molecule has 2 aromatic rings.